The number of nitrogens with one attached hydrogen (secondary N) is 1. The Morgan fingerprint density at radius 1 is 1.20 bits per heavy atom. The fourth-order valence-electron chi connectivity index (χ4n) is 3.11. The molecule has 0 fully saturated rings. The number of hydrogen-bond acceptors (Lipinski definition) is 2. The zero-order valence-electron chi connectivity index (χ0n) is 15.0. The van der Waals surface area contributed by atoms with Crippen LogP contribution >= 0.6 is 0 Å². The maximum atomic E-state index is 12.8. The zero-order valence-corrected chi connectivity index (χ0v) is 15.0. The molecule has 2 aromatic heterocycles. The van der Waals surface area contributed by atoms with Gasteiger partial charge in [0.25, 0.3) is 5.91 Å². The number of unbranched alkanes of at least 4 members (excludes halogenated alkanes) is 1. The molecule has 2 heterocycles. The van der Waals surface area contributed by atoms with Gasteiger partial charge >= 0.3 is 0 Å². The van der Waals surface area contributed by atoms with Gasteiger partial charge in [0.1, 0.15) is 11.5 Å². The molecular weight excluding hydrogens is 312 g/mol. The smallest absolute Gasteiger partial charge is 0.273 e. The Kier molecular flexibility index (Phi) is 5.08. The van der Waals surface area contributed by atoms with Gasteiger partial charge in [-0.05, 0) is 55.2 Å². The quantitative estimate of drug-likeness (QED) is 0.673. The molecule has 0 spiro atoms. The second kappa shape index (κ2) is 7.43. The molecule has 1 amide bonds. The first kappa shape index (κ1) is 17.1. The topological polar surface area (TPSA) is 47.2 Å². The summed E-state index contributed by atoms with van der Waals surface area (Å²) >= 11 is 0. The van der Waals surface area contributed by atoms with Crippen molar-refractivity contribution in [3.8, 4) is 11.3 Å². The highest BCUT2D eigenvalue weighted by Crippen LogP contribution is 2.29. The number of nitrogens with zero attached hydrogens (tertiary/aromatic N) is 1. The monoisotopic (exact) mass is 336 g/mol. The van der Waals surface area contributed by atoms with Crippen LogP contribution in [-0.2, 0) is 13.5 Å². The highest BCUT2D eigenvalue weighted by Gasteiger charge is 2.21. The predicted octanol–water partition coefficient (Wildman–Crippen LogP) is 5.19. The molecule has 1 N–H and O–H groups in total. The molecule has 0 unspecified atom stereocenters. The molecule has 0 aliphatic carbocycles. The van der Waals surface area contributed by atoms with Crippen LogP contribution in [0.3, 0.4) is 0 Å². The average Bonchev–Trinajstić information content (AvgIpc) is 3.21. The molecule has 0 saturated carbocycles. The van der Waals surface area contributed by atoms with E-state index < -0.39 is 0 Å². The highest BCUT2D eigenvalue weighted by molar-refractivity contribution is 6.07. The first-order chi connectivity index (χ1) is 12.1. The summed E-state index contributed by atoms with van der Waals surface area (Å²) in [7, 11) is 1.88. The molecule has 0 saturated heterocycles. The largest absolute Gasteiger partial charge is 0.464 e. The Morgan fingerprint density at radius 2 is 1.96 bits per heavy atom. The lowest BCUT2D eigenvalue weighted by Gasteiger charge is -2.09. The van der Waals surface area contributed by atoms with E-state index in [2.05, 4.69) is 24.4 Å². The normalized spacial score (nSPS) is 10.8. The van der Waals surface area contributed by atoms with Crippen molar-refractivity contribution in [2.45, 2.75) is 33.1 Å². The van der Waals surface area contributed by atoms with Crippen molar-refractivity contribution >= 4 is 11.6 Å². The number of anilines is 1. The van der Waals surface area contributed by atoms with Crippen LogP contribution in [0, 0.1) is 6.92 Å². The Bertz CT molecular complexity index is 843. The molecular formula is C21H24N2O2. The number of carbonyl (C=O) groups excluding carboxylic acids is 1. The van der Waals surface area contributed by atoms with E-state index in [0.717, 1.165) is 23.2 Å². The Balaban J connectivity index is 1.82. The average molecular weight is 336 g/mol. The van der Waals surface area contributed by atoms with Crippen LogP contribution in [0.1, 0.15) is 41.4 Å². The maximum Gasteiger partial charge on any atom is 0.273 e. The van der Waals surface area contributed by atoms with E-state index in [1.54, 1.807) is 6.26 Å². The maximum absolute atomic E-state index is 12.8. The lowest BCUT2D eigenvalue weighted by molar-refractivity contribution is 0.102. The van der Waals surface area contributed by atoms with Gasteiger partial charge in [0.15, 0.2) is 0 Å². The van der Waals surface area contributed by atoms with E-state index in [4.69, 9.17) is 4.42 Å². The summed E-state index contributed by atoms with van der Waals surface area (Å²) in [6.45, 7) is 4.17. The van der Waals surface area contributed by atoms with Crippen molar-refractivity contribution < 1.29 is 9.21 Å². The fraction of sp³-hybridized carbons (Fsp3) is 0.286. The lowest BCUT2D eigenvalue weighted by Crippen LogP contribution is -2.16. The van der Waals surface area contributed by atoms with Gasteiger partial charge in [-0.2, -0.15) is 0 Å². The molecule has 0 radical (unpaired) electrons. The summed E-state index contributed by atoms with van der Waals surface area (Å²) < 4.78 is 7.36. The molecule has 0 atom stereocenters. The van der Waals surface area contributed by atoms with Gasteiger partial charge in [-0.1, -0.05) is 25.5 Å². The van der Waals surface area contributed by atoms with Gasteiger partial charge in [-0.25, -0.2) is 0 Å². The molecule has 1 aromatic carbocycles. The summed E-state index contributed by atoms with van der Waals surface area (Å²) in [4.78, 5) is 12.8. The molecule has 3 aromatic rings. The van der Waals surface area contributed by atoms with Crippen LogP contribution in [-0.4, -0.2) is 10.5 Å². The van der Waals surface area contributed by atoms with Crippen LogP contribution in [0.25, 0.3) is 11.3 Å². The number of carbonyl (C=O) groups is 1. The molecule has 25 heavy (non-hydrogen) atoms. The Hall–Kier alpha value is -2.75. The van der Waals surface area contributed by atoms with Gasteiger partial charge in [-0.3, -0.25) is 4.79 Å². The van der Waals surface area contributed by atoms with Gasteiger partial charge in [0, 0.05) is 18.9 Å². The van der Waals surface area contributed by atoms with E-state index in [9.17, 15) is 4.79 Å². The summed E-state index contributed by atoms with van der Waals surface area (Å²) in [5.74, 6) is 0.571. The molecule has 0 aliphatic rings. The molecule has 0 bridgehead atoms. The fourth-order valence-corrected chi connectivity index (χ4v) is 3.11. The predicted molar refractivity (Wildman–Crippen MR) is 101 cm³/mol. The van der Waals surface area contributed by atoms with Crippen molar-refractivity contribution in [2.24, 2.45) is 7.05 Å². The summed E-state index contributed by atoms with van der Waals surface area (Å²) in [5.41, 5.74) is 4.55. The third-order valence-corrected chi connectivity index (χ3v) is 4.38. The van der Waals surface area contributed by atoms with Crippen molar-refractivity contribution in [2.75, 3.05) is 5.32 Å². The number of furan rings is 1. The first-order valence-corrected chi connectivity index (χ1v) is 8.70. The molecule has 4 heteroatoms. The number of aryl methyl sites for hydroxylation is 3. The number of aromatic nitrogens is 1. The van der Waals surface area contributed by atoms with Gasteiger partial charge in [0.05, 0.1) is 11.8 Å². The van der Waals surface area contributed by atoms with Gasteiger partial charge in [-0.15, -0.1) is 0 Å². The van der Waals surface area contributed by atoms with Crippen molar-refractivity contribution in [3.05, 3.63) is 65.7 Å². The molecule has 3 rings (SSSR count). The summed E-state index contributed by atoms with van der Waals surface area (Å²) in [5, 5.41) is 3.00. The Labute approximate surface area is 148 Å². The first-order valence-electron chi connectivity index (χ1n) is 8.70. The van der Waals surface area contributed by atoms with E-state index in [1.165, 1.54) is 18.4 Å². The third kappa shape index (κ3) is 3.68. The van der Waals surface area contributed by atoms with Gasteiger partial charge < -0.3 is 14.3 Å². The summed E-state index contributed by atoms with van der Waals surface area (Å²) in [6.07, 6.45) is 7.01. The van der Waals surface area contributed by atoms with Crippen molar-refractivity contribution in [1.82, 2.24) is 4.57 Å². The number of hydrogen-bond donors (Lipinski definition) is 1. The summed E-state index contributed by atoms with van der Waals surface area (Å²) in [6, 6.07) is 11.8. The van der Waals surface area contributed by atoms with Crippen LogP contribution in [0.2, 0.25) is 0 Å². The van der Waals surface area contributed by atoms with Crippen LogP contribution in [0.5, 0.6) is 0 Å². The minimum Gasteiger partial charge on any atom is -0.464 e. The van der Waals surface area contributed by atoms with Crippen molar-refractivity contribution in [1.29, 1.82) is 0 Å². The second-order valence-corrected chi connectivity index (χ2v) is 6.38. The third-order valence-electron chi connectivity index (χ3n) is 4.38. The lowest BCUT2D eigenvalue weighted by atomic mass is 10.1. The minimum absolute atomic E-state index is 0.136. The van der Waals surface area contributed by atoms with E-state index in [0.29, 0.717) is 11.5 Å². The minimum atomic E-state index is -0.136. The molecule has 0 aliphatic heterocycles. The molecule has 130 valence electrons. The van der Waals surface area contributed by atoms with Crippen LogP contribution in [0.15, 0.2) is 53.3 Å². The van der Waals surface area contributed by atoms with E-state index >= 15 is 0 Å². The molecule has 4 nitrogen and oxygen atoms in total. The van der Waals surface area contributed by atoms with Crippen molar-refractivity contribution in [3.63, 3.8) is 0 Å². The standard InChI is InChI=1S/C21H24N2O2/c1-4-5-7-16-9-11-17(12-10-16)22-21(24)20-19(15(2)14-23(20)3)18-8-6-13-25-18/h6,8-14H,4-5,7H2,1-3H3,(H,22,24). The number of amides is 1. The Morgan fingerprint density at radius 3 is 2.60 bits per heavy atom. The number of rotatable bonds is 6. The van der Waals surface area contributed by atoms with E-state index in [1.807, 2.05) is 49.0 Å². The van der Waals surface area contributed by atoms with Gasteiger partial charge in [0.2, 0.25) is 0 Å². The number of benzene rings is 1. The van der Waals surface area contributed by atoms with Crippen LogP contribution < -0.4 is 5.32 Å². The SMILES string of the molecule is CCCCc1ccc(NC(=O)c2c(-c3ccco3)c(C)cn2C)cc1. The van der Waals surface area contributed by atoms with E-state index in [-0.39, 0.29) is 5.91 Å². The van der Waals surface area contributed by atoms with Crippen LogP contribution in [0.4, 0.5) is 5.69 Å². The second-order valence-electron chi connectivity index (χ2n) is 6.38. The highest BCUT2D eigenvalue weighted by atomic mass is 16.3. The zero-order chi connectivity index (χ0) is 17.8.